The van der Waals surface area contributed by atoms with E-state index in [9.17, 15) is 9.59 Å². The zero-order valence-electron chi connectivity index (χ0n) is 9.32. The van der Waals surface area contributed by atoms with Crippen LogP contribution in [0.4, 0.5) is 4.79 Å². The van der Waals surface area contributed by atoms with Crippen molar-refractivity contribution in [3.63, 3.8) is 0 Å². The Bertz CT molecular complexity index is 254. The lowest BCUT2D eigenvalue weighted by atomic mass is 10.3. The molecule has 0 radical (unpaired) electrons. The van der Waals surface area contributed by atoms with Crippen molar-refractivity contribution in [2.24, 2.45) is 0 Å². The predicted molar refractivity (Wildman–Crippen MR) is 62.2 cm³/mol. The lowest BCUT2D eigenvalue weighted by Gasteiger charge is -2.19. The second kappa shape index (κ2) is 8.52. The van der Waals surface area contributed by atoms with Gasteiger partial charge < -0.3 is 15.3 Å². The fourth-order valence-corrected chi connectivity index (χ4v) is 1.10. The Kier molecular flexibility index (Phi) is 7.57. The van der Waals surface area contributed by atoms with Crippen LogP contribution in [-0.2, 0) is 4.79 Å². The minimum absolute atomic E-state index is 0.0587. The first kappa shape index (κ1) is 14.2. The largest absolute Gasteiger partial charge is 0.481 e. The summed E-state index contributed by atoms with van der Waals surface area (Å²) in [6.07, 6.45) is 3.74. The van der Waals surface area contributed by atoms with Gasteiger partial charge in [-0.15, -0.1) is 13.2 Å². The van der Waals surface area contributed by atoms with Crippen LogP contribution in [0.5, 0.6) is 0 Å². The van der Waals surface area contributed by atoms with Crippen LogP contribution in [0.1, 0.15) is 12.8 Å². The molecule has 0 saturated heterocycles. The maximum Gasteiger partial charge on any atom is 0.317 e. The number of carbonyl (C=O) groups excluding carboxylic acids is 1. The molecule has 0 unspecified atom stereocenters. The molecule has 90 valence electrons. The Hall–Kier alpha value is -1.78. The van der Waals surface area contributed by atoms with Gasteiger partial charge in [0.15, 0.2) is 0 Å². The Labute approximate surface area is 95.4 Å². The van der Waals surface area contributed by atoms with Gasteiger partial charge in [0.25, 0.3) is 0 Å². The molecule has 2 N–H and O–H groups in total. The number of amides is 2. The van der Waals surface area contributed by atoms with Gasteiger partial charge >= 0.3 is 12.0 Å². The molecule has 5 nitrogen and oxygen atoms in total. The predicted octanol–water partition coefficient (Wildman–Crippen LogP) is 1.23. The van der Waals surface area contributed by atoms with E-state index in [0.717, 1.165) is 0 Å². The summed E-state index contributed by atoms with van der Waals surface area (Å²) in [5.74, 6) is -0.858. The second-order valence-corrected chi connectivity index (χ2v) is 3.21. The first-order valence-corrected chi connectivity index (χ1v) is 5.08. The molecule has 0 spiro atoms. The van der Waals surface area contributed by atoms with Crippen LogP contribution in [0, 0.1) is 0 Å². The minimum atomic E-state index is -0.858. The third-order valence-corrected chi connectivity index (χ3v) is 1.83. The van der Waals surface area contributed by atoms with E-state index in [1.54, 1.807) is 12.2 Å². The third-order valence-electron chi connectivity index (χ3n) is 1.83. The molecular weight excluding hydrogens is 208 g/mol. The first-order valence-electron chi connectivity index (χ1n) is 5.08. The SMILES string of the molecule is C=CCN(CC=C)C(=O)NCCCC(=O)O. The molecule has 16 heavy (non-hydrogen) atoms. The first-order chi connectivity index (χ1) is 7.61. The van der Waals surface area contributed by atoms with Gasteiger partial charge in [-0.1, -0.05) is 12.2 Å². The molecule has 0 heterocycles. The van der Waals surface area contributed by atoms with Gasteiger partial charge in [0, 0.05) is 26.1 Å². The normalized spacial score (nSPS) is 9.25. The van der Waals surface area contributed by atoms with Crippen molar-refractivity contribution in [1.82, 2.24) is 10.2 Å². The number of carbonyl (C=O) groups is 2. The number of aliphatic carboxylic acids is 1. The molecule has 0 aliphatic heterocycles. The molecular formula is C11H18N2O3. The highest BCUT2D eigenvalue weighted by Crippen LogP contribution is 1.92. The van der Waals surface area contributed by atoms with Gasteiger partial charge in [-0.2, -0.15) is 0 Å². The van der Waals surface area contributed by atoms with Crippen LogP contribution in [0.3, 0.4) is 0 Å². The number of carboxylic acids is 1. The topological polar surface area (TPSA) is 69.6 Å². The third kappa shape index (κ3) is 6.64. The van der Waals surface area contributed by atoms with E-state index in [0.29, 0.717) is 26.1 Å². The van der Waals surface area contributed by atoms with Crippen molar-refractivity contribution in [2.75, 3.05) is 19.6 Å². The van der Waals surface area contributed by atoms with E-state index < -0.39 is 5.97 Å². The van der Waals surface area contributed by atoms with E-state index in [4.69, 9.17) is 5.11 Å². The number of carboxylic acid groups (broad SMARTS) is 1. The average molecular weight is 226 g/mol. The summed E-state index contributed by atoms with van der Waals surface area (Å²) in [5, 5.41) is 11.0. The fourth-order valence-electron chi connectivity index (χ4n) is 1.10. The van der Waals surface area contributed by atoms with Crippen molar-refractivity contribution in [3.8, 4) is 0 Å². The second-order valence-electron chi connectivity index (χ2n) is 3.21. The molecule has 0 aromatic carbocycles. The van der Waals surface area contributed by atoms with Gasteiger partial charge in [0.1, 0.15) is 0 Å². The standard InChI is InChI=1S/C11H18N2O3/c1-3-8-13(9-4-2)11(16)12-7-5-6-10(14)15/h3-4H,1-2,5-9H2,(H,12,16)(H,14,15). The number of nitrogens with one attached hydrogen (secondary N) is 1. The van der Waals surface area contributed by atoms with E-state index in [-0.39, 0.29) is 12.5 Å². The molecule has 5 heteroatoms. The number of urea groups is 1. The minimum Gasteiger partial charge on any atom is -0.481 e. The number of hydrogen-bond acceptors (Lipinski definition) is 2. The highest BCUT2D eigenvalue weighted by molar-refractivity contribution is 5.74. The molecule has 2 amide bonds. The van der Waals surface area contributed by atoms with E-state index in [1.165, 1.54) is 4.90 Å². The van der Waals surface area contributed by atoms with E-state index in [1.807, 2.05) is 0 Å². The number of nitrogens with zero attached hydrogens (tertiary/aromatic N) is 1. The summed E-state index contributed by atoms with van der Waals surface area (Å²) in [6.45, 7) is 8.34. The molecule has 0 aromatic rings. The summed E-state index contributed by atoms with van der Waals surface area (Å²) in [5.41, 5.74) is 0. The monoisotopic (exact) mass is 226 g/mol. The maximum atomic E-state index is 11.5. The summed E-state index contributed by atoms with van der Waals surface area (Å²) in [7, 11) is 0. The highest BCUT2D eigenvalue weighted by Gasteiger charge is 2.09. The van der Waals surface area contributed by atoms with Gasteiger partial charge in [-0.05, 0) is 6.42 Å². The molecule has 0 aromatic heterocycles. The van der Waals surface area contributed by atoms with Crippen LogP contribution in [0.15, 0.2) is 25.3 Å². The van der Waals surface area contributed by atoms with Gasteiger partial charge in [0.2, 0.25) is 0 Å². The Morgan fingerprint density at radius 2 is 1.81 bits per heavy atom. The Morgan fingerprint density at radius 1 is 1.25 bits per heavy atom. The lowest BCUT2D eigenvalue weighted by molar-refractivity contribution is -0.137. The molecule has 0 bridgehead atoms. The van der Waals surface area contributed by atoms with Crippen LogP contribution >= 0.6 is 0 Å². The fraction of sp³-hybridized carbons (Fsp3) is 0.455. The van der Waals surface area contributed by atoms with Gasteiger partial charge in [-0.25, -0.2) is 4.79 Å². The molecule has 0 saturated carbocycles. The van der Waals surface area contributed by atoms with Gasteiger partial charge in [0.05, 0.1) is 0 Å². The Morgan fingerprint density at radius 3 is 2.25 bits per heavy atom. The van der Waals surface area contributed by atoms with Crippen LogP contribution < -0.4 is 5.32 Å². The molecule has 0 aliphatic rings. The van der Waals surface area contributed by atoms with Crippen molar-refractivity contribution in [3.05, 3.63) is 25.3 Å². The molecule has 0 fully saturated rings. The molecule has 0 aliphatic carbocycles. The van der Waals surface area contributed by atoms with Crippen LogP contribution in [-0.4, -0.2) is 41.6 Å². The van der Waals surface area contributed by atoms with Crippen molar-refractivity contribution in [2.45, 2.75) is 12.8 Å². The van der Waals surface area contributed by atoms with Crippen molar-refractivity contribution < 1.29 is 14.7 Å². The zero-order valence-corrected chi connectivity index (χ0v) is 9.32. The van der Waals surface area contributed by atoms with Crippen LogP contribution in [0.2, 0.25) is 0 Å². The number of rotatable bonds is 8. The molecule has 0 rings (SSSR count). The zero-order chi connectivity index (χ0) is 12.4. The summed E-state index contributed by atoms with van der Waals surface area (Å²) < 4.78 is 0. The van der Waals surface area contributed by atoms with E-state index in [2.05, 4.69) is 18.5 Å². The smallest absolute Gasteiger partial charge is 0.317 e. The van der Waals surface area contributed by atoms with E-state index >= 15 is 0 Å². The summed E-state index contributed by atoms with van der Waals surface area (Å²) >= 11 is 0. The van der Waals surface area contributed by atoms with Crippen molar-refractivity contribution >= 4 is 12.0 Å². The quantitative estimate of drug-likeness (QED) is 0.483. The average Bonchev–Trinajstić information content (AvgIpc) is 2.23. The number of hydrogen-bond donors (Lipinski definition) is 2. The summed E-state index contributed by atoms with van der Waals surface area (Å²) in [4.78, 5) is 23.3. The lowest BCUT2D eigenvalue weighted by Crippen LogP contribution is -2.40. The highest BCUT2D eigenvalue weighted by atomic mass is 16.4. The van der Waals surface area contributed by atoms with Crippen molar-refractivity contribution in [1.29, 1.82) is 0 Å². The summed E-state index contributed by atoms with van der Waals surface area (Å²) in [6, 6.07) is -0.231. The van der Waals surface area contributed by atoms with Crippen LogP contribution in [0.25, 0.3) is 0 Å². The van der Waals surface area contributed by atoms with Gasteiger partial charge in [-0.3, -0.25) is 4.79 Å². The maximum absolute atomic E-state index is 11.5. The molecule has 0 atom stereocenters. The Balaban J connectivity index is 3.86.